The Balaban J connectivity index is 2.22. The SMILES string of the molecule is CCCOCCC1(CN)CCCCC1. The van der Waals surface area contributed by atoms with Crippen LogP contribution in [-0.2, 0) is 4.74 Å². The molecule has 0 bridgehead atoms. The fraction of sp³-hybridized carbons (Fsp3) is 1.00. The highest BCUT2D eigenvalue weighted by Crippen LogP contribution is 2.38. The minimum atomic E-state index is 0.423. The molecule has 0 aromatic heterocycles. The molecule has 84 valence electrons. The molecule has 1 fully saturated rings. The van der Waals surface area contributed by atoms with Crippen molar-refractivity contribution in [3.05, 3.63) is 0 Å². The van der Waals surface area contributed by atoms with Crippen molar-refractivity contribution in [2.45, 2.75) is 51.9 Å². The van der Waals surface area contributed by atoms with Crippen LogP contribution in [-0.4, -0.2) is 19.8 Å². The smallest absolute Gasteiger partial charge is 0.0471 e. The van der Waals surface area contributed by atoms with Crippen LogP contribution in [0.4, 0.5) is 0 Å². The lowest BCUT2D eigenvalue weighted by molar-refractivity contribution is 0.0779. The molecule has 0 amide bonds. The molecule has 0 aromatic rings. The van der Waals surface area contributed by atoms with E-state index in [0.717, 1.165) is 26.2 Å². The summed E-state index contributed by atoms with van der Waals surface area (Å²) >= 11 is 0. The Labute approximate surface area is 88.2 Å². The predicted molar refractivity (Wildman–Crippen MR) is 60.3 cm³/mol. The molecule has 1 aliphatic rings. The molecular formula is C12H25NO. The topological polar surface area (TPSA) is 35.2 Å². The van der Waals surface area contributed by atoms with Gasteiger partial charge in [-0.15, -0.1) is 0 Å². The predicted octanol–water partition coefficient (Wildman–Crippen LogP) is 2.71. The highest BCUT2D eigenvalue weighted by Gasteiger charge is 2.29. The van der Waals surface area contributed by atoms with Crippen LogP contribution in [0.2, 0.25) is 0 Å². The zero-order valence-electron chi connectivity index (χ0n) is 9.56. The second-order valence-electron chi connectivity index (χ2n) is 4.63. The third-order valence-corrected chi connectivity index (χ3v) is 3.47. The Kier molecular flexibility index (Phi) is 5.49. The zero-order valence-corrected chi connectivity index (χ0v) is 9.56. The molecular weight excluding hydrogens is 174 g/mol. The summed E-state index contributed by atoms with van der Waals surface area (Å²) in [6.45, 7) is 4.81. The van der Waals surface area contributed by atoms with E-state index in [-0.39, 0.29) is 0 Å². The van der Waals surface area contributed by atoms with E-state index in [1.165, 1.54) is 38.5 Å². The van der Waals surface area contributed by atoms with Gasteiger partial charge in [0.15, 0.2) is 0 Å². The van der Waals surface area contributed by atoms with Gasteiger partial charge in [-0.1, -0.05) is 26.2 Å². The van der Waals surface area contributed by atoms with Crippen LogP contribution in [0.1, 0.15) is 51.9 Å². The number of rotatable bonds is 6. The first-order valence-electron chi connectivity index (χ1n) is 6.11. The summed E-state index contributed by atoms with van der Waals surface area (Å²) in [6.07, 6.45) is 9.06. The minimum absolute atomic E-state index is 0.423. The molecule has 0 heterocycles. The van der Waals surface area contributed by atoms with E-state index in [1.54, 1.807) is 0 Å². The lowest BCUT2D eigenvalue weighted by Gasteiger charge is -2.36. The number of nitrogens with two attached hydrogens (primary N) is 1. The Hall–Kier alpha value is -0.0800. The highest BCUT2D eigenvalue weighted by molar-refractivity contribution is 4.83. The maximum Gasteiger partial charge on any atom is 0.0471 e. The van der Waals surface area contributed by atoms with Gasteiger partial charge in [0, 0.05) is 13.2 Å². The van der Waals surface area contributed by atoms with Gasteiger partial charge in [0.25, 0.3) is 0 Å². The van der Waals surface area contributed by atoms with Gasteiger partial charge >= 0.3 is 0 Å². The van der Waals surface area contributed by atoms with Gasteiger partial charge in [0.05, 0.1) is 0 Å². The first kappa shape index (κ1) is 12.0. The van der Waals surface area contributed by atoms with Crippen LogP contribution in [0, 0.1) is 5.41 Å². The summed E-state index contributed by atoms with van der Waals surface area (Å²) in [5.41, 5.74) is 6.32. The number of ether oxygens (including phenoxy) is 1. The maximum atomic E-state index is 5.90. The molecule has 1 aliphatic carbocycles. The van der Waals surface area contributed by atoms with Gasteiger partial charge in [-0.05, 0) is 37.6 Å². The van der Waals surface area contributed by atoms with Crippen LogP contribution < -0.4 is 5.73 Å². The third kappa shape index (κ3) is 3.58. The van der Waals surface area contributed by atoms with Gasteiger partial charge in [0.2, 0.25) is 0 Å². The Morgan fingerprint density at radius 2 is 1.86 bits per heavy atom. The third-order valence-electron chi connectivity index (χ3n) is 3.47. The lowest BCUT2D eigenvalue weighted by atomic mass is 9.72. The Morgan fingerprint density at radius 3 is 2.43 bits per heavy atom. The summed E-state index contributed by atoms with van der Waals surface area (Å²) in [4.78, 5) is 0. The van der Waals surface area contributed by atoms with Crippen molar-refractivity contribution < 1.29 is 4.74 Å². The molecule has 2 heteroatoms. The minimum Gasteiger partial charge on any atom is -0.381 e. The van der Waals surface area contributed by atoms with E-state index >= 15 is 0 Å². The largest absolute Gasteiger partial charge is 0.381 e. The van der Waals surface area contributed by atoms with Crippen molar-refractivity contribution in [2.75, 3.05) is 19.8 Å². The van der Waals surface area contributed by atoms with Gasteiger partial charge in [-0.25, -0.2) is 0 Å². The molecule has 1 saturated carbocycles. The van der Waals surface area contributed by atoms with Crippen LogP contribution in [0.3, 0.4) is 0 Å². The molecule has 0 aliphatic heterocycles. The van der Waals surface area contributed by atoms with Crippen molar-refractivity contribution in [3.8, 4) is 0 Å². The van der Waals surface area contributed by atoms with E-state index in [0.29, 0.717) is 5.41 Å². The van der Waals surface area contributed by atoms with E-state index in [4.69, 9.17) is 10.5 Å². The molecule has 0 aromatic carbocycles. The quantitative estimate of drug-likeness (QED) is 0.668. The summed E-state index contributed by atoms with van der Waals surface area (Å²) in [6, 6.07) is 0. The van der Waals surface area contributed by atoms with Crippen molar-refractivity contribution in [2.24, 2.45) is 11.1 Å². The summed E-state index contributed by atoms with van der Waals surface area (Å²) < 4.78 is 5.56. The van der Waals surface area contributed by atoms with E-state index in [1.807, 2.05) is 0 Å². The Morgan fingerprint density at radius 1 is 1.14 bits per heavy atom. The molecule has 14 heavy (non-hydrogen) atoms. The number of hydrogen-bond donors (Lipinski definition) is 1. The van der Waals surface area contributed by atoms with Crippen LogP contribution in [0.5, 0.6) is 0 Å². The van der Waals surface area contributed by atoms with Gasteiger partial charge in [-0.3, -0.25) is 0 Å². The molecule has 0 spiro atoms. The fourth-order valence-electron chi connectivity index (χ4n) is 2.39. The van der Waals surface area contributed by atoms with Crippen molar-refractivity contribution >= 4 is 0 Å². The van der Waals surface area contributed by atoms with Crippen LogP contribution >= 0.6 is 0 Å². The summed E-state index contributed by atoms with van der Waals surface area (Å²) in [5.74, 6) is 0. The van der Waals surface area contributed by atoms with Crippen molar-refractivity contribution in [1.29, 1.82) is 0 Å². The molecule has 2 N–H and O–H groups in total. The zero-order chi connectivity index (χ0) is 10.3. The van der Waals surface area contributed by atoms with E-state index in [2.05, 4.69) is 6.92 Å². The first-order valence-corrected chi connectivity index (χ1v) is 6.11. The molecule has 1 rings (SSSR count). The van der Waals surface area contributed by atoms with Crippen LogP contribution in [0.15, 0.2) is 0 Å². The second kappa shape index (κ2) is 6.41. The average molecular weight is 199 g/mol. The number of hydrogen-bond acceptors (Lipinski definition) is 2. The first-order chi connectivity index (χ1) is 6.83. The second-order valence-corrected chi connectivity index (χ2v) is 4.63. The van der Waals surface area contributed by atoms with Crippen molar-refractivity contribution in [1.82, 2.24) is 0 Å². The summed E-state index contributed by atoms with van der Waals surface area (Å²) in [7, 11) is 0. The Bertz CT molecular complexity index is 141. The molecule has 0 saturated heterocycles. The van der Waals surface area contributed by atoms with Crippen LogP contribution in [0.25, 0.3) is 0 Å². The lowest BCUT2D eigenvalue weighted by Crippen LogP contribution is -2.34. The average Bonchev–Trinajstić information content (AvgIpc) is 2.26. The summed E-state index contributed by atoms with van der Waals surface area (Å²) in [5, 5.41) is 0. The van der Waals surface area contributed by atoms with E-state index < -0.39 is 0 Å². The molecule has 0 atom stereocenters. The fourth-order valence-corrected chi connectivity index (χ4v) is 2.39. The normalized spacial score (nSPS) is 21.0. The maximum absolute atomic E-state index is 5.90. The molecule has 2 nitrogen and oxygen atoms in total. The van der Waals surface area contributed by atoms with E-state index in [9.17, 15) is 0 Å². The van der Waals surface area contributed by atoms with Crippen molar-refractivity contribution in [3.63, 3.8) is 0 Å². The molecule has 0 unspecified atom stereocenters. The van der Waals surface area contributed by atoms with Gasteiger partial charge in [0.1, 0.15) is 0 Å². The van der Waals surface area contributed by atoms with Gasteiger partial charge in [-0.2, -0.15) is 0 Å². The standard InChI is InChI=1S/C12H25NO/c1-2-9-14-10-8-12(11-13)6-4-3-5-7-12/h2-11,13H2,1H3. The van der Waals surface area contributed by atoms with Gasteiger partial charge < -0.3 is 10.5 Å². The monoisotopic (exact) mass is 199 g/mol. The molecule has 0 radical (unpaired) electrons. The highest BCUT2D eigenvalue weighted by atomic mass is 16.5.